The molecule has 0 unspecified atom stereocenters. The van der Waals surface area contributed by atoms with Crippen molar-refractivity contribution in [2.45, 2.75) is 13.8 Å². The van der Waals surface area contributed by atoms with Gasteiger partial charge in [0.25, 0.3) is 5.91 Å². The second-order valence-electron chi connectivity index (χ2n) is 4.29. The van der Waals surface area contributed by atoms with Gasteiger partial charge in [0.2, 0.25) is 0 Å². The fourth-order valence-corrected chi connectivity index (χ4v) is 3.14. The number of amides is 1. The van der Waals surface area contributed by atoms with Crippen molar-refractivity contribution < 1.29 is 9.18 Å². The molecule has 0 aliphatic carbocycles. The van der Waals surface area contributed by atoms with Crippen molar-refractivity contribution in [2.24, 2.45) is 0 Å². The Balaban J connectivity index is 2.36. The van der Waals surface area contributed by atoms with Crippen LogP contribution < -0.4 is 4.90 Å². The molecule has 1 aromatic carbocycles. The van der Waals surface area contributed by atoms with Crippen LogP contribution >= 0.6 is 27.3 Å². The summed E-state index contributed by atoms with van der Waals surface area (Å²) in [6.07, 6.45) is 0. The molecule has 5 heteroatoms. The van der Waals surface area contributed by atoms with Crippen LogP contribution in [0.25, 0.3) is 0 Å². The Bertz CT molecular complexity index is 638. The zero-order valence-corrected chi connectivity index (χ0v) is 13.2. The first-order valence-corrected chi connectivity index (χ1v) is 7.31. The minimum absolute atomic E-state index is 0.192. The van der Waals surface area contributed by atoms with Crippen LogP contribution in [0.15, 0.2) is 28.7 Å². The predicted molar refractivity (Wildman–Crippen MR) is 80.6 cm³/mol. The quantitative estimate of drug-likeness (QED) is 0.784. The summed E-state index contributed by atoms with van der Waals surface area (Å²) < 4.78 is 14.5. The number of nitrogens with zero attached hydrogens (tertiary/aromatic N) is 1. The summed E-state index contributed by atoms with van der Waals surface area (Å²) in [5.41, 5.74) is 0.906. The molecule has 100 valence electrons. The molecule has 0 N–H and O–H groups in total. The Kier molecular flexibility index (Phi) is 4.06. The number of hydrogen-bond acceptors (Lipinski definition) is 2. The maximum Gasteiger partial charge on any atom is 0.259 e. The number of thiophene rings is 1. The number of hydrogen-bond donors (Lipinski definition) is 0. The lowest BCUT2D eigenvalue weighted by Crippen LogP contribution is -2.27. The Morgan fingerprint density at radius 1 is 1.32 bits per heavy atom. The fraction of sp³-hybridized carbons (Fsp3) is 0.214. The lowest BCUT2D eigenvalue weighted by atomic mass is 10.2. The molecule has 0 radical (unpaired) electrons. The van der Waals surface area contributed by atoms with E-state index in [1.54, 1.807) is 30.5 Å². The van der Waals surface area contributed by atoms with Gasteiger partial charge in [-0.1, -0.05) is 15.9 Å². The lowest BCUT2D eigenvalue weighted by molar-refractivity contribution is 0.0992. The van der Waals surface area contributed by atoms with Gasteiger partial charge in [0.1, 0.15) is 5.82 Å². The van der Waals surface area contributed by atoms with Crippen LogP contribution in [-0.4, -0.2) is 13.0 Å². The van der Waals surface area contributed by atoms with Gasteiger partial charge in [-0.15, -0.1) is 11.3 Å². The summed E-state index contributed by atoms with van der Waals surface area (Å²) in [4.78, 5) is 15.7. The number of aryl methyl sites for hydroxylation is 2. The molecule has 0 saturated heterocycles. The predicted octanol–water partition coefficient (Wildman–Crippen LogP) is 4.54. The van der Waals surface area contributed by atoms with Gasteiger partial charge in [0.15, 0.2) is 0 Å². The highest BCUT2D eigenvalue weighted by molar-refractivity contribution is 9.10. The highest BCUT2D eigenvalue weighted by Gasteiger charge is 2.19. The van der Waals surface area contributed by atoms with Gasteiger partial charge in [-0.3, -0.25) is 4.79 Å². The summed E-state index contributed by atoms with van der Waals surface area (Å²) in [6, 6.07) is 6.50. The van der Waals surface area contributed by atoms with E-state index in [0.29, 0.717) is 10.0 Å². The zero-order valence-electron chi connectivity index (χ0n) is 10.8. The molecule has 0 bridgehead atoms. The average molecular weight is 342 g/mol. The first kappa shape index (κ1) is 14.2. The van der Waals surface area contributed by atoms with Crippen LogP contribution in [0.4, 0.5) is 10.1 Å². The van der Waals surface area contributed by atoms with Gasteiger partial charge < -0.3 is 4.90 Å². The molecule has 0 atom stereocenters. The molecule has 0 fully saturated rings. The van der Waals surface area contributed by atoms with Gasteiger partial charge in [-0.25, -0.2) is 4.39 Å². The van der Waals surface area contributed by atoms with Crippen molar-refractivity contribution in [1.82, 2.24) is 0 Å². The van der Waals surface area contributed by atoms with Crippen LogP contribution in [0.3, 0.4) is 0 Å². The molecule has 0 spiro atoms. The maximum absolute atomic E-state index is 13.9. The highest BCUT2D eigenvalue weighted by Crippen LogP contribution is 2.26. The van der Waals surface area contributed by atoms with E-state index in [4.69, 9.17) is 0 Å². The third-order valence-electron chi connectivity index (χ3n) is 2.85. The van der Waals surface area contributed by atoms with E-state index in [1.807, 2.05) is 19.9 Å². The number of carbonyl (C=O) groups is 1. The van der Waals surface area contributed by atoms with E-state index in [9.17, 15) is 9.18 Å². The first-order valence-electron chi connectivity index (χ1n) is 5.70. The molecular formula is C14H13BrFNOS. The molecule has 1 aromatic heterocycles. The monoisotopic (exact) mass is 341 g/mol. The van der Waals surface area contributed by atoms with Crippen molar-refractivity contribution in [1.29, 1.82) is 0 Å². The van der Waals surface area contributed by atoms with Gasteiger partial charge in [-0.2, -0.15) is 0 Å². The number of rotatable bonds is 2. The van der Waals surface area contributed by atoms with Crippen LogP contribution in [-0.2, 0) is 0 Å². The minimum Gasteiger partial charge on any atom is -0.309 e. The van der Waals surface area contributed by atoms with Crippen molar-refractivity contribution in [3.63, 3.8) is 0 Å². The van der Waals surface area contributed by atoms with Gasteiger partial charge in [0.05, 0.1) is 11.3 Å². The van der Waals surface area contributed by atoms with E-state index in [1.165, 1.54) is 11.0 Å². The fourth-order valence-electron chi connectivity index (χ4n) is 1.89. The summed E-state index contributed by atoms with van der Waals surface area (Å²) in [7, 11) is 1.58. The molecule has 0 saturated carbocycles. The Hall–Kier alpha value is -1.20. The second kappa shape index (κ2) is 5.43. The van der Waals surface area contributed by atoms with E-state index < -0.39 is 5.82 Å². The largest absolute Gasteiger partial charge is 0.309 e. The molecule has 1 heterocycles. The maximum atomic E-state index is 13.9. The molecule has 19 heavy (non-hydrogen) atoms. The second-order valence-corrected chi connectivity index (χ2v) is 6.66. The summed E-state index contributed by atoms with van der Waals surface area (Å²) in [5, 5.41) is 0. The number of anilines is 1. The minimum atomic E-state index is -0.421. The van der Waals surface area contributed by atoms with E-state index in [2.05, 4.69) is 15.9 Å². The Morgan fingerprint density at radius 2 is 2.00 bits per heavy atom. The first-order chi connectivity index (χ1) is 8.90. The summed E-state index contributed by atoms with van der Waals surface area (Å²) >= 11 is 4.77. The number of halogens is 2. The van der Waals surface area contributed by atoms with Gasteiger partial charge >= 0.3 is 0 Å². The van der Waals surface area contributed by atoms with Crippen LogP contribution in [0.5, 0.6) is 0 Å². The number of carbonyl (C=O) groups excluding carboxylic acids is 1. The highest BCUT2D eigenvalue weighted by atomic mass is 79.9. The molecular weight excluding hydrogens is 329 g/mol. The Morgan fingerprint density at radius 3 is 2.53 bits per heavy atom. The normalized spacial score (nSPS) is 10.6. The number of benzene rings is 1. The van der Waals surface area contributed by atoms with E-state index in [-0.39, 0.29) is 11.6 Å². The molecule has 0 aliphatic heterocycles. The molecule has 2 nitrogen and oxygen atoms in total. The van der Waals surface area contributed by atoms with Crippen molar-refractivity contribution in [2.75, 3.05) is 11.9 Å². The standard InChI is InChI=1S/C14H13BrFNOS/c1-8-6-11(9(2)19-8)14(18)17(3)13-5-4-10(15)7-12(13)16/h4-7H,1-3H3. The smallest absolute Gasteiger partial charge is 0.259 e. The van der Waals surface area contributed by atoms with Crippen molar-refractivity contribution in [3.8, 4) is 0 Å². The van der Waals surface area contributed by atoms with Gasteiger partial charge in [0, 0.05) is 21.3 Å². The van der Waals surface area contributed by atoms with Crippen molar-refractivity contribution >= 4 is 38.9 Å². The Labute approximate surface area is 124 Å². The molecule has 0 aliphatic rings. The zero-order chi connectivity index (χ0) is 14.2. The summed E-state index contributed by atoms with van der Waals surface area (Å²) in [6.45, 7) is 3.85. The molecule has 2 aromatic rings. The van der Waals surface area contributed by atoms with Crippen LogP contribution in [0.2, 0.25) is 0 Å². The SMILES string of the molecule is Cc1cc(C(=O)N(C)c2ccc(Br)cc2F)c(C)s1. The molecule has 1 amide bonds. The third kappa shape index (κ3) is 2.87. The van der Waals surface area contributed by atoms with Crippen LogP contribution in [0.1, 0.15) is 20.1 Å². The van der Waals surface area contributed by atoms with E-state index in [0.717, 1.165) is 9.75 Å². The van der Waals surface area contributed by atoms with Gasteiger partial charge in [-0.05, 0) is 38.1 Å². The lowest BCUT2D eigenvalue weighted by Gasteiger charge is -2.18. The van der Waals surface area contributed by atoms with Crippen molar-refractivity contribution in [3.05, 3.63) is 49.9 Å². The molecule has 2 rings (SSSR count). The van der Waals surface area contributed by atoms with E-state index >= 15 is 0 Å². The topological polar surface area (TPSA) is 20.3 Å². The third-order valence-corrected chi connectivity index (χ3v) is 4.31. The average Bonchev–Trinajstić information content (AvgIpc) is 2.67. The summed E-state index contributed by atoms with van der Waals surface area (Å²) in [5.74, 6) is -0.613. The van der Waals surface area contributed by atoms with Crippen LogP contribution in [0, 0.1) is 19.7 Å².